The third-order valence-corrected chi connectivity index (χ3v) is 4.97. The number of aliphatic imine (C=N–C) groups is 1. The molecule has 0 spiro atoms. The van der Waals surface area contributed by atoms with E-state index >= 15 is 0 Å². The van der Waals surface area contributed by atoms with E-state index in [9.17, 15) is 0 Å². The summed E-state index contributed by atoms with van der Waals surface area (Å²) >= 11 is 0. The molecular formula is C19H32N6. The van der Waals surface area contributed by atoms with Gasteiger partial charge in [-0.15, -0.1) is 0 Å². The molecule has 25 heavy (non-hydrogen) atoms. The van der Waals surface area contributed by atoms with Gasteiger partial charge in [0.15, 0.2) is 5.96 Å². The van der Waals surface area contributed by atoms with E-state index in [0.29, 0.717) is 6.54 Å². The van der Waals surface area contributed by atoms with Crippen LogP contribution in [0.5, 0.6) is 0 Å². The Morgan fingerprint density at radius 2 is 2.00 bits per heavy atom. The molecule has 0 atom stereocenters. The Bertz CT molecular complexity index is 561. The van der Waals surface area contributed by atoms with Crippen LogP contribution in [0.25, 0.3) is 0 Å². The quantitative estimate of drug-likeness (QED) is 0.582. The Balaban J connectivity index is 1.57. The smallest absolute Gasteiger partial charge is 0.191 e. The normalized spacial score (nSPS) is 19.1. The predicted octanol–water partition coefficient (Wildman–Crippen LogP) is 1.69. The molecule has 2 N–H and O–H groups in total. The number of aromatic nitrogens is 1. The number of hydrogen-bond acceptors (Lipinski definition) is 4. The highest BCUT2D eigenvalue weighted by Gasteiger charge is 2.21. The number of hydrogen-bond donors (Lipinski definition) is 2. The van der Waals surface area contributed by atoms with E-state index in [-0.39, 0.29) is 0 Å². The number of nitrogens with zero attached hydrogens (tertiary/aromatic N) is 4. The molecule has 2 fully saturated rings. The van der Waals surface area contributed by atoms with Crippen LogP contribution in [-0.4, -0.2) is 61.7 Å². The van der Waals surface area contributed by atoms with Gasteiger partial charge in [-0.3, -0.25) is 0 Å². The van der Waals surface area contributed by atoms with Gasteiger partial charge in [0.1, 0.15) is 5.82 Å². The highest BCUT2D eigenvalue weighted by Crippen LogP contribution is 2.27. The molecule has 138 valence electrons. The lowest BCUT2D eigenvalue weighted by Gasteiger charge is -2.34. The Hall–Kier alpha value is -1.82. The van der Waals surface area contributed by atoms with Crippen molar-refractivity contribution in [3.8, 4) is 0 Å². The van der Waals surface area contributed by atoms with Gasteiger partial charge >= 0.3 is 0 Å². The molecule has 1 aromatic heterocycles. The Labute approximate surface area is 151 Å². The maximum Gasteiger partial charge on any atom is 0.191 e. The van der Waals surface area contributed by atoms with E-state index in [0.717, 1.165) is 63.5 Å². The highest BCUT2D eigenvalue weighted by molar-refractivity contribution is 5.79. The SMILES string of the molecule is CCNC(=NCc1ccnc(N2CCN(CC)CC2)c1)NCC1CC1. The van der Waals surface area contributed by atoms with Gasteiger partial charge in [0.05, 0.1) is 6.54 Å². The molecule has 1 aliphatic carbocycles. The molecule has 6 nitrogen and oxygen atoms in total. The van der Waals surface area contributed by atoms with Gasteiger partial charge in [0.2, 0.25) is 0 Å². The average Bonchev–Trinajstić information content (AvgIpc) is 3.49. The fourth-order valence-corrected chi connectivity index (χ4v) is 3.10. The second-order valence-electron chi connectivity index (χ2n) is 6.96. The summed E-state index contributed by atoms with van der Waals surface area (Å²) in [6.45, 7) is 12.4. The summed E-state index contributed by atoms with van der Waals surface area (Å²) in [6, 6.07) is 4.26. The molecule has 2 heterocycles. The van der Waals surface area contributed by atoms with Gasteiger partial charge in [-0.2, -0.15) is 0 Å². The van der Waals surface area contributed by atoms with Crippen molar-refractivity contribution in [2.24, 2.45) is 10.9 Å². The summed E-state index contributed by atoms with van der Waals surface area (Å²) in [7, 11) is 0. The molecule has 6 heteroatoms. The van der Waals surface area contributed by atoms with Crippen LogP contribution in [0, 0.1) is 5.92 Å². The molecular weight excluding hydrogens is 312 g/mol. The topological polar surface area (TPSA) is 55.8 Å². The summed E-state index contributed by atoms with van der Waals surface area (Å²) in [5.41, 5.74) is 1.21. The van der Waals surface area contributed by atoms with E-state index in [4.69, 9.17) is 4.99 Å². The summed E-state index contributed by atoms with van der Waals surface area (Å²) in [4.78, 5) is 14.2. The molecule has 0 amide bonds. The minimum Gasteiger partial charge on any atom is -0.357 e. The molecule has 2 aliphatic rings. The van der Waals surface area contributed by atoms with E-state index in [2.05, 4.69) is 51.4 Å². The van der Waals surface area contributed by atoms with Crippen LogP contribution in [0.4, 0.5) is 5.82 Å². The van der Waals surface area contributed by atoms with Crippen molar-refractivity contribution >= 4 is 11.8 Å². The minimum absolute atomic E-state index is 0.685. The maximum atomic E-state index is 4.73. The molecule has 1 aromatic rings. The van der Waals surface area contributed by atoms with Crippen LogP contribution in [-0.2, 0) is 6.54 Å². The van der Waals surface area contributed by atoms with Crippen LogP contribution >= 0.6 is 0 Å². The zero-order chi connectivity index (χ0) is 17.5. The summed E-state index contributed by atoms with van der Waals surface area (Å²) < 4.78 is 0. The Morgan fingerprint density at radius 1 is 1.20 bits per heavy atom. The summed E-state index contributed by atoms with van der Waals surface area (Å²) in [6.07, 6.45) is 4.62. The Kier molecular flexibility index (Phi) is 6.50. The molecule has 0 radical (unpaired) electrons. The molecule has 1 aliphatic heterocycles. The lowest BCUT2D eigenvalue weighted by molar-refractivity contribution is 0.270. The van der Waals surface area contributed by atoms with E-state index in [1.165, 1.54) is 18.4 Å². The van der Waals surface area contributed by atoms with Crippen molar-refractivity contribution in [3.05, 3.63) is 23.9 Å². The van der Waals surface area contributed by atoms with E-state index < -0.39 is 0 Å². The maximum absolute atomic E-state index is 4.73. The first kappa shape index (κ1) is 18.0. The van der Waals surface area contributed by atoms with E-state index in [1.54, 1.807) is 0 Å². The standard InChI is InChI=1S/C19H32N6/c1-3-20-19(22-14-16-5-6-16)23-15-17-7-8-21-18(13-17)25-11-9-24(4-2)10-12-25/h7-8,13,16H,3-6,9-12,14-15H2,1-2H3,(H2,20,22,23). The zero-order valence-corrected chi connectivity index (χ0v) is 15.7. The first-order valence-electron chi connectivity index (χ1n) is 9.73. The summed E-state index contributed by atoms with van der Waals surface area (Å²) in [5, 5.41) is 6.78. The first-order valence-corrected chi connectivity index (χ1v) is 9.73. The summed E-state index contributed by atoms with van der Waals surface area (Å²) in [5.74, 6) is 2.85. The van der Waals surface area contributed by atoms with Crippen LogP contribution in [0.3, 0.4) is 0 Å². The van der Waals surface area contributed by atoms with Gasteiger partial charge in [-0.25, -0.2) is 9.98 Å². The van der Waals surface area contributed by atoms with Crippen molar-refractivity contribution < 1.29 is 0 Å². The van der Waals surface area contributed by atoms with Crippen LogP contribution in [0.2, 0.25) is 0 Å². The van der Waals surface area contributed by atoms with Gasteiger partial charge in [-0.05, 0) is 49.9 Å². The first-order chi connectivity index (χ1) is 12.3. The number of pyridine rings is 1. The van der Waals surface area contributed by atoms with Crippen molar-refractivity contribution in [2.45, 2.75) is 33.2 Å². The van der Waals surface area contributed by atoms with Crippen LogP contribution in [0.1, 0.15) is 32.3 Å². The largest absolute Gasteiger partial charge is 0.357 e. The molecule has 1 saturated carbocycles. The fourth-order valence-electron chi connectivity index (χ4n) is 3.10. The minimum atomic E-state index is 0.685. The average molecular weight is 345 g/mol. The number of guanidine groups is 1. The van der Waals surface area contributed by atoms with Gasteiger partial charge < -0.3 is 20.4 Å². The zero-order valence-electron chi connectivity index (χ0n) is 15.7. The number of likely N-dealkylation sites (N-methyl/N-ethyl adjacent to an activating group) is 1. The number of nitrogens with one attached hydrogen (secondary N) is 2. The third kappa shape index (κ3) is 5.59. The Morgan fingerprint density at radius 3 is 2.68 bits per heavy atom. The molecule has 3 rings (SSSR count). The fraction of sp³-hybridized carbons (Fsp3) is 0.684. The molecule has 0 aromatic carbocycles. The lowest BCUT2D eigenvalue weighted by atomic mass is 10.2. The lowest BCUT2D eigenvalue weighted by Crippen LogP contribution is -2.46. The second-order valence-corrected chi connectivity index (χ2v) is 6.96. The van der Waals surface area contributed by atoms with Crippen molar-refractivity contribution in [1.29, 1.82) is 0 Å². The van der Waals surface area contributed by atoms with Crippen molar-refractivity contribution in [3.63, 3.8) is 0 Å². The highest BCUT2D eigenvalue weighted by atomic mass is 15.3. The molecule has 0 bridgehead atoms. The number of piperazine rings is 1. The van der Waals surface area contributed by atoms with Crippen LogP contribution in [0.15, 0.2) is 23.3 Å². The van der Waals surface area contributed by atoms with Crippen molar-refractivity contribution in [2.75, 3.05) is 50.7 Å². The van der Waals surface area contributed by atoms with E-state index in [1.807, 2.05) is 6.20 Å². The predicted molar refractivity (Wildman–Crippen MR) is 104 cm³/mol. The van der Waals surface area contributed by atoms with Gasteiger partial charge in [0, 0.05) is 45.5 Å². The second kappa shape index (κ2) is 9.04. The van der Waals surface area contributed by atoms with Crippen LogP contribution < -0.4 is 15.5 Å². The monoisotopic (exact) mass is 344 g/mol. The van der Waals surface area contributed by atoms with Gasteiger partial charge in [0.25, 0.3) is 0 Å². The number of rotatable bonds is 7. The molecule has 0 unspecified atom stereocenters. The third-order valence-electron chi connectivity index (χ3n) is 4.97. The molecule has 1 saturated heterocycles. The van der Waals surface area contributed by atoms with Gasteiger partial charge in [-0.1, -0.05) is 6.92 Å². The number of anilines is 1. The van der Waals surface area contributed by atoms with Crippen molar-refractivity contribution in [1.82, 2.24) is 20.5 Å².